The van der Waals surface area contributed by atoms with E-state index in [2.05, 4.69) is 35.6 Å². The second kappa shape index (κ2) is 6.90. The summed E-state index contributed by atoms with van der Waals surface area (Å²) < 4.78 is 4.87. The van der Waals surface area contributed by atoms with E-state index in [0.717, 1.165) is 6.54 Å². The molecule has 1 N–H and O–H groups in total. The SMILES string of the molecule is CCOC(=O)CCNCc1ccc2ccccc2c1. The van der Waals surface area contributed by atoms with Gasteiger partial charge in [0.25, 0.3) is 0 Å². The maximum Gasteiger partial charge on any atom is 0.307 e. The summed E-state index contributed by atoms with van der Waals surface area (Å²) in [6.45, 7) is 3.68. The monoisotopic (exact) mass is 257 g/mol. The quantitative estimate of drug-likeness (QED) is 0.639. The Morgan fingerprint density at radius 1 is 1.16 bits per heavy atom. The third kappa shape index (κ3) is 4.07. The van der Waals surface area contributed by atoms with Crippen molar-refractivity contribution in [3.05, 3.63) is 48.0 Å². The van der Waals surface area contributed by atoms with E-state index in [1.54, 1.807) is 0 Å². The molecular formula is C16H19NO2. The molecule has 0 fully saturated rings. The molecule has 0 atom stereocenters. The number of hydrogen-bond acceptors (Lipinski definition) is 3. The van der Waals surface area contributed by atoms with E-state index in [1.807, 2.05) is 19.1 Å². The van der Waals surface area contributed by atoms with Crippen molar-refractivity contribution in [2.24, 2.45) is 0 Å². The molecule has 0 aliphatic carbocycles. The molecular weight excluding hydrogens is 238 g/mol. The van der Waals surface area contributed by atoms with E-state index >= 15 is 0 Å². The Hall–Kier alpha value is -1.87. The molecule has 0 heterocycles. The summed E-state index contributed by atoms with van der Waals surface area (Å²) in [5.74, 6) is -0.145. The van der Waals surface area contributed by atoms with Gasteiger partial charge in [0.2, 0.25) is 0 Å². The first-order chi connectivity index (χ1) is 9.29. The molecule has 100 valence electrons. The highest BCUT2D eigenvalue weighted by molar-refractivity contribution is 5.82. The fourth-order valence-corrected chi connectivity index (χ4v) is 2.01. The summed E-state index contributed by atoms with van der Waals surface area (Å²) in [7, 11) is 0. The first kappa shape index (κ1) is 13.6. The first-order valence-electron chi connectivity index (χ1n) is 6.63. The van der Waals surface area contributed by atoms with Crippen molar-refractivity contribution in [3.63, 3.8) is 0 Å². The van der Waals surface area contributed by atoms with Gasteiger partial charge in [0.1, 0.15) is 0 Å². The van der Waals surface area contributed by atoms with E-state index < -0.39 is 0 Å². The van der Waals surface area contributed by atoms with Crippen LogP contribution in [0, 0.1) is 0 Å². The normalized spacial score (nSPS) is 10.6. The molecule has 0 saturated carbocycles. The summed E-state index contributed by atoms with van der Waals surface area (Å²) >= 11 is 0. The van der Waals surface area contributed by atoms with Crippen molar-refractivity contribution in [2.75, 3.05) is 13.2 Å². The van der Waals surface area contributed by atoms with E-state index in [-0.39, 0.29) is 5.97 Å². The van der Waals surface area contributed by atoms with Gasteiger partial charge in [-0.1, -0.05) is 36.4 Å². The van der Waals surface area contributed by atoms with E-state index in [1.165, 1.54) is 16.3 Å². The largest absolute Gasteiger partial charge is 0.466 e. The lowest BCUT2D eigenvalue weighted by molar-refractivity contribution is -0.142. The average molecular weight is 257 g/mol. The fraction of sp³-hybridized carbons (Fsp3) is 0.312. The summed E-state index contributed by atoms with van der Waals surface area (Å²) in [6.07, 6.45) is 0.418. The Morgan fingerprint density at radius 3 is 2.74 bits per heavy atom. The van der Waals surface area contributed by atoms with Crippen LogP contribution < -0.4 is 5.32 Å². The van der Waals surface area contributed by atoms with Crippen molar-refractivity contribution in [1.82, 2.24) is 5.32 Å². The Kier molecular flexibility index (Phi) is 4.93. The van der Waals surface area contributed by atoms with Crippen LogP contribution in [0.4, 0.5) is 0 Å². The van der Waals surface area contributed by atoms with E-state index in [9.17, 15) is 4.79 Å². The van der Waals surface area contributed by atoms with E-state index in [4.69, 9.17) is 4.74 Å². The van der Waals surface area contributed by atoms with Crippen LogP contribution in [-0.4, -0.2) is 19.1 Å². The molecule has 3 heteroatoms. The van der Waals surface area contributed by atoms with Gasteiger partial charge in [-0.25, -0.2) is 0 Å². The molecule has 0 aromatic heterocycles. The summed E-state index contributed by atoms with van der Waals surface area (Å²) in [6, 6.07) is 14.7. The molecule has 0 bridgehead atoms. The molecule has 3 nitrogen and oxygen atoms in total. The minimum Gasteiger partial charge on any atom is -0.466 e. The number of rotatable bonds is 6. The van der Waals surface area contributed by atoms with Crippen LogP contribution in [-0.2, 0) is 16.1 Å². The number of carbonyl (C=O) groups is 1. The van der Waals surface area contributed by atoms with Gasteiger partial charge in [-0.05, 0) is 29.3 Å². The molecule has 2 aromatic rings. The second-order valence-electron chi connectivity index (χ2n) is 4.41. The third-order valence-corrected chi connectivity index (χ3v) is 2.95. The van der Waals surface area contributed by atoms with Crippen LogP contribution >= 0.6 is 0 Å². The molecule has 0 amide bonds. The number of hydrogen-bond donors (Lipinski definition) is 1. The van der Waals surface area contributed by atoms with Crippen LogP contribution in [0.2, 0.25) is 0 Å². The topological polar surface area (TPSA) is 38.3 Å². The maximum absolute atomic E-state index is 11.2. The summed E-state index contributed by atoms with van der Waals surface area (Å²) in [5.41, 5.74) is 1.22. The van der Waals surface area contributed by atoms with Crippen LogP contribution in [0.25, 0.3) is 10.8 Å². The number of ether oxygens (including phenoxy) is 1. The Labute approximate surface area is 113 Å². The smallest absolute Gasteiger partial charge is 0.307 e. The van der Waals surface area contributed by atoms with Gasteiger partial charge in [0.05, 0.1) is 13.0 Å². The first-order valence-corrected chi connectivity index (χ1v) is 6.63. The van der Waals surface area contributed by atoms with Crippen LogP contribution in [0.1, 0.15) is 18.9 Å². The second-order valence-corrected chi connectivity index (χ2v) is 4.41. The molecule has 0 spiro atoms. The van der Waals surface area contributed by atoms with Crippen molar-refractivity contribution in [3.8, 4) is 0 Å². The molecule has 2 rings (SSSR count). The number of carbonyl (C=O) groups excluding carboxylic acids is 1. The summed E-state index contributed by atoms with van der Waals surface area (Å²) in [4.78, 5) is 11.2. The van der Waals surface area contributed by atoms with Gasteiger partial charge >= 0.3 is 5.97 Å². The standard InChI is InChI=1S/C16H19NO2/c1-2-19-16(18)9-10-17-12-13-7-8-14-5-3-4-6-15(14)11-13/h3-8,11,17H,2,9-10,12H2,1H3. The van der Waals surface area contributed by atoms with Gasteiger partial charge in [-0.3, -0.25) is 4.79 Å². The van der Waals surface area contributed by atoms with Crippen LogP contribution in [0.15, 0.2) is 42.5 Å². The van der Waals surface area contributed by atoms with Gasteiger partial charge in [-0.15, -0.1) is 0 Å². The molecule has 2 aromatic carbocycles. The predicted molar refractivity (Wildman–Crippen MR) is 76.9 cm³/mol. The maximum atomic E-state index is 11.2. The minimum absolute atomic E-state index is 0.145. The lowest BCUT2D eigenvalue weighted by Gasteiger charge is -2.06. The van der Waals surface area contributed by atoms with Gasteiger partial charge in [-0.2, -0.15) is 0 Å². The Balaban J connectivity index is 1.83. The Morgan fingerprint density at radius 2 is 1.95 bits per heavy atom. The third-order valence-electron chi connectivity index (χ3n) is 2.95. The minimum atomic E-state index is -0.145. The highest BCUT2D eigenvalue weighted by Gasteiger charge is 2.01. The predicted octanol–water partition coefficient (Wildman–Crippen LogP) is 2.88. The van der Waals surface area contributed by atoms with Crippen molar-refractivity contribution >= 4 is 16.7 Å². The van der Waals surface area contributed by atoms with Crippen LogP contribution in [0.3, 0.4) is 0 Å². The van der Waals surface area contributed by atoms with Crippen molar-refractivity contribution in [2.45, 2.75) is 19.9 Å². The van der Waals surface area contributed by atoms with E-state index in [0.29, 0.717) is 19.6 Å². The lowest BCUT2D eigenvalue weighted by Crippen LogP contribution is -2.19. The highest BCUT2D eigenvalue weighted by atomic mass is 16.5. The summed E-state index contributed by atoms with van der Waals surface area (Å²) in [5, 5.41) is 5.75. The number of esters is 1. The molecule has 0 saturated heterocycles. The van der Waals surface area contributed by atoms with Gasteiger partial charge < -0.3 is 10.1 Å². The number of fused-ring (bicyclic) bond motifs is 1. The molecule has 0 aliphatic rings. The van der Waals surface area contributed by atoms with Crippen LogP contribution in [0.5, 0.6) is 0 Å². The molecule has 19 heavy (non-hydrogen) atoms. The zero-order valence-electron chi connectivity index (χ0n) is 11.2. The highest BCUT2D eigenvalue weighted by Crippen LogP contribution is 2.15. The van der Waals surface area contributed by atoms with Gasteiger partial charge in [0.15, 0.2) is 0 Å². The van der Waals surface area contributed by atoms with Crippen molar-refractivity contribution < 1.29 is 9.53 Å². The molecule has 0 radical (unpaired) electrons. The number of nitrogens with one attached hydrogen (secondary N) is 1. The lowest BCUT2D eigenvalue weighted by atomic mass is 10.1. The number of benzene rings is 2. The zero-order valence-corrected chi connectivity index (χ0v) is 11.2. The molecule has 0 unspecified atom stereocenters. The fourth-order valence-electron chi connectivity index (χ4n) is 2.01. The van der Waals surface area contributed by atoms with Gasteiger partial charge in [0, 0.05) is 13.1 Å². The van der Waals surface area contributed by atoms with Crippen molar-refractivity contribution in [1.29, 1.82) is 0 Å². The Bertz CT molecular complexity index is 551. The molecule has 0 aliphatic heterocycles. The zero-order chi connectivity index (χ0) is 13.5. The average Bonchev–Trinajstić information content (AvgIpc) is 2.44.